The van der Waals surface area contributed by atoms with E-state index in [0.717, 1.165) is 6.42 Å². The van der Waals surface area contributed by atoms with Crippen LogP contribution < -0.4 is 5.73 Å². The third-order valence-corrected chi connectivity index (χ3v) is 4.26. The van der Waals surface area contributed by atoms with Crippen LogP contribution in [0.2, 0.25) is 0 Å². The monoisotopic (exact) mass is 206 g/mol. The molecule has 1 aliphatic heterocycles. The van der Waals surface area contributed by atoms with Crippen LogP contribution in [0.25, 0.3) is 0 Å². The van der Waals surface area contributed by atoms with E-state index in [4.69, 9.17) is 5.73 Å². The Morgan fingerprint density at radius 1 is 1.46 bits per heavy atom. The summed E-state index contributed by atoms with van der Waals surface area (Å²) in [5, 5.41) is 0. The molecular formula is C8H18N2O2S. The standard InChI is InChI=1S/C8H18N2O2S/c1-8(2)3-5-10(7-8)13(11,12)6-4-9/h3-7,9H2,1-2H3. The second-order valence-corrected chi connectivity index (χ2v) is 6.44. The van der Waals surface area contributed by atoms with E-state index in [-0.39, 0.29) is 17.7 Å². The zero-order valence-corrected chi connectivity index (χ0v) is 9.10. The molecule has 4 nitrogen and oxygen atoms in total. The van der Waals surface area contributed by atoms with Gasteiger partial charge in [-0.2, -0.15) is 0 Å². The number of nitrogens with zero attached hydrogens (tertiary/aromatic N) is 1. The molecule has 1 saturated heterocycles. The minimum absolute atomic E-state index is 0.0725. The van der Waals surface area contributed by atoms with Gasteiger partial charge in [0.05, 0.1) is 5.75 Å². The Morgan fingerprint density at radius 3 is 2.46 bits per heavy atom. The van der Waals surface area contributed by atoms with Crippen molar-refractivity contribution < 1.29 is 8.42 Å². The summed E-state index contributed by atoms with van der Waals surface area (Å²) in [5.41, 5.74) is 5.37. The van der Waals surface area contributed by atoms with Crippen molar-refractivity contribution >= 4 is 10.0 Å². The maximum Gasteiger partial charge on any atom is 0.215 e. The first-order valence-electron chi connectivity index (χ1n) is 4.55. The maximum atomic E-state index is 11.6. The van der Waals surface area contributed by atoms with Gasteiger partial charge in [0.25, 0.3) is 0 Å². The number of hydrogen-bond acceptors (Lipinski definition) is 3. The smallest absolute Gasteiger partial charge is 0.215 e. The van der Waals surface area contributed by atoms with Crippen molar-refractivity contribution in [1.82, 2.24) is 4.31 Å². The normalized spacial score (nSPS) is 23.6. The lowest BCUT2D eigenvalue weighted by atomic mass is 9.93. The molecule has 2 N–H and O–H groups in total. The van der Waals surface area contributed by atoms with Gasteiger partial charge in [0, 0.05) is 19.6 Å². The topological polar surface area (TPSA) is 63.4 Å². The van der Waals surface area contributed by atoms with E-state index >= 15 is 0 Å². The number of nitrogens with two attached hydrogens (primary N) is 1. The number of rotatable bonds is 3. The highest BCUT2D eigenvalue weighted by molar-refractivity contribution is 7.89. The van der Waals surface area contributed by atoms with E-state index in [1.807, 2.05) is 0 Å². The minimum atomic E-state index is -3.07. The molecule has 1 aliphatic rings. The van der Waals surface area contributed by atoms with Crippen molar-refractivity contribution in [3.05, 3.63) is 0 Å². The first kappa shape index (κ1) is 10.9. The molecule has 0 spiro atoms. The Bertz CT molecular complexity index is 272. The van der Waals surface area contributed by atoms with Gasteiger partial charge in [-0.05, 0) is 11.8 Å². The minimum Gasteiger partial charge on any atom is -0.329 e. The quantitative estimate of drug-likeness (QED) is 0.707. The summed E-state index contributed by atoms with van der Waals surface area (Å²) in [7, 11) is -3.07. The number of hydrogen-bond donors (Lipinski definition) is 1. The van der Waals surface area contributed by atoms with Crippen molar-refractivity contribution in [3.8, 4) is 0 Å². The Labute approximate surface area is 80.1 Å². The molecule has 0 unspecified atom stereocenters. The summed E-state index contributed by atoms with van der Waals surface area (Å²) >= 11 is 0. The number of sulfonamides is 1. The highest BCUT2D eigenvalue weighted by Crippen LogP contribution is 2.30. The van der Waals surface area contributed by atoms with Gasteiger partial charge >= 0.3 is 0 Å². The average Bonchev–Trinajstić information content (AvgIpc) is 2.30. The van der Waals surface area contributed by atoms with E-state index in [1.165, 1.54) is 0 Å². The van der Waals surface area contributed by atoms with E-state index < -0.39 is 10.0 Å². The summed E-state index contributed by atoms with van der Waals surface area (Å²) in [6.07, 6.45) is 0.941. The van der Waals surface area contributed by atoms with Gasteiger partial charge in [-0.25, -0.2) is 12.7 Å². The molecule has 1 fully saturated rings. The molecular weight excluding hydrogens is 188 g/mol. The van der Waals surface area contributed by atoms with E-state index in [2.05, 4.69) is 13.8 Å². The van der Waals surface area contributed by atoms with Gasteiger partial charge in [-0.1, -0.05) is 13.8 Å². The molecule has 0 aromatic carbocycles. The van der Waals surface area contributed by atoms with Crippen LogP contribution in [0.15, 0.2) is 0 Å². The first-order valence-corrected chi connectivity index (χ1v) is 6.16. The average molecular weight is 206 g/mol. The highest BCUT2D eigenvalue weighted by atomic mass is 32.2. The van der Waals surface area contributed by atoms with Crippen LogP contribution in [0, 0.1) is 5.41 Å². The highest BCUT2D eigenvalue weighted by Gasteiger charge is 2.35. The SMILES string of the molecule is CC1(C)CCN(S(=O)(=O)CCN)C1. The predicted molar refractivity (Wildman–Crippen MR) is 52.8 cm³/mol. The molecule has 0 aliphatic carbocycles. The second kappa shape index (κ2) is 3.55. The van der Waals surface area contributed by atoms with Gasteiger partial charge in [-0.3, -0.25) is 0 Å². The van der Waals surface area contributed by atoms with Crippen LogP contribution in [0.3, 0.4) is 0 Å². The molecule has 1 rings (SSSR count). The van der Waals surface area contributed by atoms with E-state index in [0.29, 0.717) is 13.1 Å². The van der Waals surface area contributed by atoms with Crippen LogP contribution in [0.4, 0.5) is 0 Å². The third-order valence-electron chi connectivity index (χ3n) is 2.41. The van der Waals surface area contributed by atoms with Gasteiger partial charge in [-0.15, -0.1) is 0 Å². The van der Waals surface area contributed by atoms with Crippen LogP contribution in [0.1, 0.15) is 20.3 Å². The molecule has 0 bridgehead atoms. The Kier molecular flexibility index (Phi) is 2.99. The van der Waals surface area contributed by atoms with E-state index in [1.54, 1.807) is 4.31 Å². The largest absolute Gasteiger partial charge is 0.329 e. The zero-order chi connectivity index (χ0) is 10.1. The molecule has 0 saturated carbocycles. The summed E-state index contributed by atoms with van der Waals surface area (Å²) < 4.78 is 24.7. The lowest BCUT2D eigenvalue weighted by Crippen LogP contribution is -2.34. The Balaban J connectivity index is 2.66. The summed E-state index contributed by atoms with van der Waals surface area (Å²) in [5.74, 6) is 0.0725. The van der Waals surface area contributed by atoms with Gasteiger partial charge in [0.1, 0.15) is 0 Å². The van der Waals surface area contributed by atoms with Crippen LogP contribution in [-0.2, 0) is 10.0 Å². The first-order chi connectivity index (χ1) is 5.87. The zero-order valence-electron chi connectivity index (χ0n) is 8.28. The molecule has 78 valence electrons. The van der Waals surface area contributed by atoms with Crippen molar-refractivity contribution in [1.29, 1.82) is 0 Å². The molecule has 13 heavy (non-hydrogen) atoms. The fraction of sp³-hybridized carbons (Fsp3) is 1.00. The van der Waals surface area contributed by atoms with Gasteiger partial charge < -0.3 is 5.73 Å². The molecule has 0 aromatic rings. The summed E-state index contributed by atoms with van der Waals surface area (Å²) in [6.45, 7) is 5.67. The Hall–Kier alpha value is -0.130. The fourth-order valence-corrected chi connectivity index (χ4v) is 3.05. The lowest BCUT2D eigenvalue weighted by Gasteiger charge is -2.19. The molecule has 1 heterocycles. The fourth-order valence-electron chi connectivity index (χ4n) is 1.58. The van der Waals surface area contributed by atoms with Gasteiger partial charge in [0.2, 0.25) is 10.0 Å². The molecule has 0 aromatic heterocycles. The maximum absolute atomic E-state index is 11.6. The summed E-state index contributed by atoms with van der Waals surface area (Å²) in [6, 6.07) is 0. The molecule has 0 amide bonds. The van der Waals surface area contributed by atoms with Crippen molar-refractivity contribution in [2.24, 2.45) is 11.1 Å². The molecule has 0 atom stereocenters. The van der Waals surface area contributed by atoms with Crippen LogP contribution >= 0.6 is 0 Å². The van der Waals surface area contributed by atoms with E-state index in [9.17, 15) is 8.42 Å². The van der Waals surface area contributed by atoms with Gasteiger partial charge in [0.15, 0.2) is 0 Å². The van der Waals surface area contributed by atoms with Crippen LogP contribution in [-0.4, -0.2) is 38.1 Å². The predicted octanol–water partition coefficient (Wildman–Crippen LogP) is 0.00680. The molecule has 5 heteroatoms. The third kappa shape index (κ3) is 2.65. The van der Waals surface area contributed by atoms with Crippen molar-refractivity contribution in [2.75, 3.05) is 25.4 Å². The van der Waals surface area contributed by atoms with Crippen LogP contribution in [0.5, 0.6) is 0 Å². The Morgan fingerprint density at radius 2 is 2.08 bits per heavy atom. The molecule has 0 radical (unpaired) electrons. The lowest BCUT2D eigenvalue weighted by molar-refractivity contribution is 0.375. The second-order valence-electron chi connectivity index (χ2n) is 4.35. The van der Waals surface area contributed by atoms with Crippen molar-refractivity contribution in [2.45, 2.75) is 20.3 Å². The van der Waals surface area contributed by atoms with Crippen molar-refractivity contribution in [3.63, 3.8) is 0 Å². The summed E-state index contributed by atoms with van der Waals surface area (Å²) in [4.78, 5) is 0.